The third-order valence-corrected chi connectivity index (χ3v) is 5.85. The molecule has 1 aliphatic carbocycles. The van der Waals surface area contributed by atoms with Gasteiger partial charge in [-0.3, -0.25) is 4.98 Å². The molecule has 29 heavy (non-hydrogen) atoms. The Morgan fingerprint density at radius 2 is 2.07 bits per heavy atom. The van der Waals surface area contributed by atoms with Crippen LogP contribution < -0.4 is 5.32 Å². The zero-order valence-electron chi connectivity index (χ0n) is 16.0. The molecular weight excluding hydrogens is 430 g/mol. The fourth-order valence-electron chi connectivity index (χ4n) is 3.61. The number of aromatic nitrogens is 6. The van der Waals surface area contributed by atoms with Crippen LogP contribution in [0.4, 0.5) is 0 Å². The second-order valence-electron chi connectivity index (χ2n) is 7.66. The Morgan fingerprint density at radius 1 is 1.14 bits per heavy atom. The highest BCUT2D eigenvalue weighted by molar-refractivity contribution is 9.10. The molecule has 4 heterocycles. The van der Waals surface area contributed by atoms with Gasteiger partial charge in [-0.05, 0) is 58.9 Å². The van der Waals surface area contributed by atoms with Gasteiger partial charge < -0.3 is 9.72 Å². The minimum absolute atomic E-state index is 0.575. The summed E-state index contributed by atoms with van der Waals surface area (Å²) in [5.41, 5.74) is 4.89. The van der Waals surface area contributed by atoms with Crippen LogP contribution in [0.2, 0.25) is 0 Å². The smallest absolute Gasteiger partial charge is 0.137 e. The molecule has 0 aromatic carbocycles. The molecule has 0 radical (unpaired) electrons. The zero-order valence-corrected chi connectivity index (χ0v) is 17.6. The number of hydrogen-bond donors (Lipinski definition) is 1. The van der Waals surface area contributed by atoms with Gasteiger partial charge in [0.2, 0.25) is 0 Å². The van der Waals surface area contributed by atoms with E-state index in [1.807, 2.05) is 12.3 Å². The molecule has 0 spiro atoms. The first kappa shape index (κ1) is 18.4. The van der Waals surface area contributed by atoms with Crippen LogP contribution in [0.25, 0.3) is 16.9 Å². The molecular formula is C21H22BrN7. The van der Waals surface area contributed by atoms with Crippen molar-refractivity contribution in [3.8, 4) is 11.3 Å². The summed E-state index contributed by atoms with van der Waals surface area (Å²) >= 11 is 3.44. The summed E-state index contributed by atoms with van der Waals surface area (Å²) in [5.74, 6) is 0.874. The molecule has 0 amide bonds. The summed E-state index contributed by atoms with van der Waals surface area (Å²) in [6.45, 7) is 2.59. The Bertz CT molecular complexity index is 1130. The summed E-state index contributed by atoms with van der Waals surface area (Å²) in [7, 11) is 0. The van der Waals surface area contributed by atoms with Crippen LogP contribution in [0.1, 0.15) is 30.5 Å². The average molecular weight is 452 g/mol. The van der Waals surface area contributed by atoms with Crippen molar-refractivity contribution < 1.29 is 0 Å². The third kappa shape index (κ3) is 4.23. The first-order valence-electron chi connectivity index (χ1n) is 9.91. The summed E-state index contributed by atoms with van der Waals surface area (Å²) < 4.78 is 4.81. The highest BCUT2D eigenvalue weighted by atomic mass is 79.9. The summed E-state index contributed by atoms with van der Waals surface area (Å²) in [6.07, 6.45) is 13.8. The van der Waals surface area contributed by atoms with Crippen LogP contribution >= 0.6 is 15.9 Å². The van der Waals surface area contributed by atoms with E-state index in [4.69, 9.17) is 4.98 Å². The lowest BCUT2D eigenvalue weighted by atomic mass is 9.85. The van der Waals surface area contributed by atoms with Crippen LogP contribution in [-0.4, -0.2) is 35.9 Å². The molecule has 0 atom stereocenters. The standard InChI is InChI=1S/C21H22BrN7/c22-18-6-17(9-24-10-18)20-14-29(27-26-20)13-19-12-28-11-16(4-5-21(28)25-19)8-23-7-15-2-1-3-15/h4-6,9-12,14-15,23H,1-3,7-8,13H2. The predicted molar refractivity (Wildman–Crippen MR) is 114 cm³/mol. The molecule has 1 saturated carbocycles. The molecule has 4 aromatic heterocycles. The van der Waals surface area contributed by atoms with Crippen molar-refractivity contribution in [1.82, 2.24) is 34.7 Å². The summed E-state index contributed by atoms with van der Waals surface area (Å²) in [4.78, 5) is 8.90. The highest BCUT2D eigenvalue weighted by Crippen LogP contribution is 2.25. The van der Waals surface area contributed by atoms with Crippen LogP contribution in [0.3, 0.4) is 0 Å². The Hall–Kier alpha value is -2.58. The Balaban J connectivity index is 1.27. The monoisotopic (exact) mass is 451 g/mol. The largest absolute Gasteiger partial charge is 0.312 e. The molecule has 7 nitrogen and oxygen atoms in total. The number of pyridine rings is 2. The van der Waals surface area contributed by atoms with Gasteiger partial charge in [0, 0.05) is 41.4 Å². The number of halogens is 1. The van der Waals surface area contributed by atoms with Gasteiger partial charge in [0.25, 0.3) is 0 Å². The first-order valence-corrected chi connectivity index (χ1v) is 10.7. The molecule has 0 unspecified atom stereocenters. The number of hydrogen-bond acceptors (Lipinski definition) is 5. The van der Waals surface area contributed by atoms with Crippen LogP contribution in [0, 0.1) is 5.92 Å². The first-order chi connectivity index (χ1) is 14.2. The van der Waals surface area contributed by atoms with Crippen molar-refractivity contribution in [1.29, 1.82) is 0 Å². The van der Waals surface area contributed by atoms with Crippen molar-refractivity contribution in [2.24, 2.45) is 5.92 Å². The van der Waals surface area contributed by atoms with Crippen LogP contribution in [-0.2, 0) is 13.1 Å². The van der Waals surface area contributed by atoms with Crippen molar-refractivity contribution in [2.45, 2.75) is 32.4 Å². The van der Waals surface area contributed by atoms with E-state index in [0.29, 0.717) is 6.54 Å². The fraction of sp³-hybridized carbons (Fsp3) is 0.333. The fourth-order valence-corrected chi connectivity index (χ4v) is 3.98. The Labute approximate surface area is 177 Å². The number of fused-ring (bicyclic) bond motifs is 1. The predicted octanol–water partition coefficient (Wildman–Crippen LogP) is 3.69. The van der Waals surface area contributed by atoms with Crippen LogP contribution in [0.5, 0.6) is 0 Å². The van der Waals surface area contributed by atoms with Gasteiger partial charge >= 0.3 is 0 Å². The SMILES string of the molecule is Brc1cncc(-c2cn(Cc3cn4cc(CNCC5CCC5)ccc4n3)nn2)c1. The number of rotatable bonds is 7. The topological polar surface area (TPSA) is 72.9 Å². The van der Waals surface area contributed by atoms with Crippen molar-refractivity contribution in [3.63, 3.8) is 0 Å². The third-order valence-electron chi connectivity index (χ3n) is 5.41. The number of nitrogens with zero attached hydrogens (tertiary/aromatic N) is 6. The van der Waals surface area contributed by atoms with Gasteiger partial charge in [0.05, 0.1) is 18.4 Å². The maximum atomic E-state index is 4.71. The maximum Gasteiger partial charge on any atom is 0.137 e. The van der Waals surface area contributed by atoms with Gasteiger partial charge in [0.15, 0.2) is 0 Å². The minimum atomic E-state index is 0.575. The van der Waals surface area contributed by atoms with E-state index >= 15 is 0 Å². The molecule has 8 heteroatoms. The zero-order chi connectivity index (χ0) is 19.6. The van der Waals surface area contributed by atoms with E-state index in [9.17, 15) is 0 Å². The molecule has 5 rings (SSSR count). The highest BCUT2D eigenvalue weighted by Gasteiger charge is 2.16. The molecule has 0 saturated heterocycles. The quantitative estimate of drug-likeness (QED) is 0.463. The van der Waals surface area contributed by atoms with E-state index in [1.165, 1.54) is 24.8 Å². The Kier molecular flexibility index (Phi) is 5.12. The lowest BCUT2D eigenvalue weighted by molar-refractivity contribution is 0.301. The molecule has 0 bridgehead atoms. The summed E-state index contributed by atoms with van der Waals surface area (Å²) in [6, 6.07) is 6.20. The minimum Gasteiger partial charge on any atom is -0.312 e. The lowest BCUT2D eigenvalue weighted by Gasteiger charge is -2.25. The maximum absolute atomic E-state index is 4.71. The molecule has 1 fully saturated rings. The van der Waals surface area contributed by atoms with Gasteiger partial charge in [0.1, 0.15) is 11.3 Å². The van der Waals surface area contributed by atoms with Gasteiger partial charge in [-0.1, -0.05) is 17.7 Å². The van der Waals surface area contributed by atoms with Gasteiger partial charge in [-0.25, -0.2) is 9.67 Å². The Morgan fingerprint density at radius 3 is 2.90 bits per heavy atom. The van der Waals surface area contributed by atoms with Crippen LogP contribution in [0.15, 0.2) is 53.7 Å². The molecule has 0 aliphatic heterocycles. The van der Waals surface area contributed by atoms with E-state index < -0.39 is 0 Å². The summed E-state index contributed by atoms with van der Waals surface area (Å²) in [5, 5.41) is 12.1. The molecule has 1 N–H and O–H groups in total. The van der Waals surface area contributed by atoms with E-state index in [2.05, 4.69) is 65.5 Å². The normalized spacial score (nSPS) is 14.4. The van der Waals surface area contributed by atoms with Crippen molar-refractivity contribution >= 4 is 21.6 Å². The molecule has 1 aliphatic rings. The second kappa shape index (κ2) is 8.04. The number of imidazole rings is 1. The molecule has 4 aromatic rings. The van der Waals surface area contributed by atoms with E-state index in [-0.39, 0.29) is 0 Å². The van der Waals surface area contributed by atoms with E-state index in [0.717, 1.165) is 46.1 Å². The van der Waals surface area contributed by atoms with Gasteiger partial charge in [-0.15, -0.1) is 5.10 Å². The van der Waals surface area contributed by atoms with Crippen molar-refractivity contribution in [2.75, 3.05) is 6.54 Å². The molecule has 148 valence electrons. The van der Waals surface area contributed by atoms with Gasteiger partial charge in [-0.2, -0.15) is 0 Å². The second-order valence-corrected chi connectivity index (χ2v) is 8.57. The van der Waals surface area contributed by atoms with E-state index in [1.54, 1.807) is 17.1 Å². The van der Waals surface area contributed by atoms with Crippen molar-refractivity contribution in [3.05, 3.63) is 64.9 Å². The lowest BCUT2D eigenvalue weighted by Crippen LogP contribution is -2.26. The number of nitrogens with one attached hydrogen (secondary N) is 1. The average Bonchev–Trinajstić information content (AvgIpc) is 3.30.